The molecule has 0 aliphatic carbocycles. The van der Waals surface area contributed by atoms with Crippen molar-refractivity contribution in [2.75, 3.05) is 13.2 Å². The summed E-state index contributed by atoms with van der Waals surface area (Å²) in [6, 6.07) is 0. The fourth-order valence-electron chi connectivity index (χ4n) is 9.28. The molecule has 6 nitrogen and oxygen atoms in total. The van der Waals surface area contributed by atoms with Crippen LogP contribution in [0.5, 0.6) is 0 Å². The maximum atomic E-state index is 12.8. The summed E-state index contributed by atoms with van der Waals surface area (Å²) in [5.41, 5.74) is 0. The van der Waals surface area contributed by atoms with Gasteiger partial charge < -0.3 is 14.2 Å². The Morgan fingerprint density at radius 1 is 0.288 bits per heavy atom. The minimum absolute atomic E-state index is 0.0616. The zero-order valence-electron chi connectivity index (χ0n) is 45.2. The van der Waals surface area contributed by atoms with E-state index >= 15 is 0 Å². The third-order valence-electron chi connectivity index (χ3n) is 13.8. The molecule has 0 radical (unpaired) electrons. The van der Waals surface area contributed by atoms with Gasteiger partial charge in [0.15, 0.2) is 6.10 Å². The summed E-state index contributed by atoms with van der Waals surface area (Å²) in [5, 5.41) is 0. The molecular formula is C60H116O6. The highest BCUT2D eigenvalue weighted by atomic mass is 16.6. The highest BCUT2D eigenvalue weighted by Crippen LogP contribution is 2.18. The third-order valence-corrected chi connectivity index (χ3v) is 13.8. The monoisotopic (exact) mass is 933 g/mol. The van der Waals surface area contributed by atoms with Crippen molar-refractivity contribution in [1.82, 2.24) is 0 Å². The van der Waals surface area contributed by atoms with Gasteiger partial charge in [0, 0.05) is 19.3 Å². The molecule has 0 aliphatic rings. The zero-order valence-corrected chi connectivity index (χ0v) is 45.2. The normalized spacial score (nSPS) is 12.0. The van der Waals surface area contributed by atoms with E-state index in [1.54, 1.807) is 0 Å². The first-order valence-electron chi connectivity index (χ1n) is 29.9. The van der Waals surface area contributed by atoms with Gasteiger partial charge in [-0.25, -0.2) is 0 Å². The Hall–Kier alpha value is -1.59. The Morgan fingerprint density at radius 3 is 0.742 bits per heavy atom. The Labute approximate surface area is 412 Å². The van der Waals surface area contributed by atoms with Crippen molar-refractivity contribution in [3.63, 3.8) is 0 Å². The van der Waals surface area contributed by atoms with E-state index in [-0.39, 0.29) is 31.1 Å². The second-order valence-electron chi connectivity index (χ2n) is 21.1. The summed E-state index contributed by atoms with van der Waals surface area (Å²) >= 11 is 0. The molecule has 6 heteroatoms. The fourth-order valence-corrected chi connectivity index (χ4v) is 9.28. The van der Waals surface area contributed by atoms with Gasteiger partial charge in [-0.2, -0.15) is 0 Å². The molecule has 0 fully saturated rings. The van der Waals surface area contributed by atoms with Crippen LogP contribution in [-0.2, 0) is 28.6 Å². The van der Waals surface area contributed by atoms with Crippen LogP contribution in [0.3, 0.4) is 0 Å². The minimum atomic E-state index is -0.762. The van der Waals surface area contributed by atoms with Gasteiger partial charge in [0.2, 0.25) is 0 Å². The van der Waals surface area contributed by atoms with Gasteiger partial charge in [-0.15, -0.1) is 0 Å². The zero-order chi connectivity index (χ0) is 48.1. The first kappa shape index (κ1) is 64.4. The SMILES string of the molecule is CCCCCCCCCCCCCCCCCCCCC(=O)OC[C@H](COC(=O)CCCCCCCCCCCCCCCCC(C)C)OC(=O)CCCCCCCCCCCCCCC. The van der Waals surface area contributed by atoms with Crippen molar-refractivity contribution in [2.45, 2.75) is 348 Å². The van der Waals surface area contributed by atoms with Crippen molar-refractivity contribution in [3.8, 4) is 0 Å². The van der Waals surface area contributed by atoms with E-state index in [1.165, 1.54) is 238 Å². The molecule has 0 saturated heterocycles. The molecule has 392 valence electrons. The number of carbonyl (C=O) groups excluding carboxylic acids is 3. The Kier molecular flexibility index (Phi) is 53.0. The summed E-state index contributed by atoms with van der Waals surface area (Å²) in [6.45, 7) is 9.07. The van der Waals surface area contributed by atoms with Crippen LogP contribution in [0, 0.1) is 5.92 Å². The van der Waals surface area contributed by atoms with Gasteiger partial charge in [-0.1, -0.05) is 304 Å². The smallest absolute Gasteiger partial charge is 0.306 e. The standard InChI is InChI=1S/C60H116O6/c1-5-7-9-11-13-15-17-19-20-21-22-23-28-31-35-39-43-47-51-58(61)64-54-57(66-60(63)53-49-45-41-37-33-26-18-16-14-12-10-8-6-2)55-65-59(62)52-48-44-40-36-32-29-25-24-27-30-34-38-42-46-50-56(3)4/h56-57H,5-55H2,1-4H3/t57-/m1/s1. The molecule has 66 heavy (non-hydrogen) atoms. The molecule has 0 N–H and O–H groups in total. The van der Waals surface area contributed by atoms with Crippen LogP contribution in [0.1, 0.15) is 342 Å². The average Bonchev–Trinajstić information content (AvgIpc) is 3.30. The number of hydrogen-bond acceptors (Lipinski definition) is 6. The van der Waals surface area contributed by atoms with Gasteiger partial charge in [-0.3, -0.25) is 14.4 Å². The number of carbonyl (C=O) groups is 3. The van der Waals surface area contributed by atoms with Crippen LogP contribution in [-0.4, -0.2) is 37.2 Å². The molecule has 0 spiro atoms. The molecule has 0 unspecified atom stereocenters. The van der Waals surface area contributed by atoms with E-state index in [4.69, 9.17) is 14.2 Å². The minimum Gasteiger partial charge on any atom is -0.462 e. The molecule has 0 aromatic rings. The lowest BCUT2D eigenvalue weighted by Gasteiger charge is -2.18. The van der Waals surface area contributed by atoms with Crippen molar-refractivity contribution >= 4 is 17.9 Å². The molecular weight excluding hydrogens is 817 g/mol. The van der Waals surface area contributed by atoms with Crippen LogP contribution in [0.2, 0.25) is 0 Å². The number of rotatable bonds is 55. The summed E-state index contributed by atoms with van der Waals surface area (Å²) in [5.74, 6) is 0.0120. The van der Waals surface area contributed by atoms with Crippen molar-refractivity contribution < 1.29 is 28.6 Å². The highest BCUT2D eigenvalue weighted by Gasteiger charge is 2.19. The first-order valence-corrected chi connectivity index (χ1v) is 29.9. The molecule has 0 aromatic heterocycles. The summed E-state index contributed by atoms with van der Waals surface area (Å²) in [6.07, 6.45) is 59.5. The van der Waals surface area contributed by atoms with Gasteiger partial charge in [0.1, 0.15) is 13.2 Å². The maximum Gasteiger partial charge on any atom is 0.306 e. The van der Waals surface area contributed by atoms with Gasteiger partial charge >= 0.3 is 17.9 Å². The van der Waals surface area contributed by atoms with E-state index in [1.807, 2.05) is 0 Å². The largest absolute Gasteiger partial charge is 0.462 e. The molecule has 0 bridgehead atoms. The molecule has 0 saturated carbocycles. The maximum absolute atomic E-state index is 12.8. The van der Waals surface area contributed by atoms with Crippen LogP contribution in [0.25, 0.3) is 0 Å². The molecule has 1 atom stereocenters. The third kappa shape index (κ3) is 53.4. The number of unbranched alkanes of at least 4 members (excludes halogenated alkanes) is 42. The van der Waals surface area contributed by atoms with Crippen LogP contribution >= 0.6 is 0 Å². The molecule has 0 amide bonds. The van der Waals surface area contributed by atoms with Gasteiger partial charge in [-0.05, 0) is 25.2 Å². The van der Waals surface area contributed by atoms with Crippen molar-refractivity contribution in [3.05, 3.63) is 0 Å². The molecule has 0 aromatic carbocycles. The fraction of sp³-hybridized carbons (Fsp3) is 0.950. The quantitative estimate of drug-likeness (QED) is 0.0343. The van der Waals surface area contributed by atoms with Crippen LogP contribution < -0.4 is 0 Å². The van der Waals surface area contributed by atoms with E-state index in [9.17, 15) is 14.4 Å². The molecule has 0 heterocycles. The summed E-state index contributed by atoms with van der Waals surface area (Å²) < 4.78 is 16.9. The summed E-state index contributed by atoms with van der Waals surface area (Å²) in [4.78, 5) is 38.2. The highest BCUT2D eigenvalue weighted by molar-refractivity contribution is 5.71. The van der Waals surface area contributed by atoms with E-state index < -0.39 is 6.10 Å². The van der Waals surface area contributed by atoms with Crippen molar-refractivity contribution in [2.24, 2.45) is 5.92 Å². The number of hydrogen-bond donors (Lipinski definition) is 0. The van der Waals surface area contributed by atoms with Gasteiger partial charge in [0.05, 0.1) is 0 Å². The predicted octanol–water partition coefficient (Wildman–Crippen LogP) is 19.8. The number of ether oxygens (including phenoxy) is 3. The van der Waals surface area contributed by atoms with Gasteiger partial charge in [0.25, 0.3) is 0 Å². The Bertz CT molecular complexity index is 996. The van der Waals surface area contributed by atoms with E-state index in [0.29, 0.717) is 19.3 Å². The van der Waals surface area contributed by atoms with Crippen molar-refractivity contribution in [1.29, 1.82) is 0 Å². The van der Waals surface area contributed by atoms with Crippen LogP contribution in [0.15, 0.2) is 0 Å². The first-order chi connectivity index (χ1) is 32.4. The molecule has 0 aliphatic heterocycles. The Balaban J connectivity index is 4.26. The van der Waals surface area contributed by atoms with E-state index in [2.05, 4.69) is 27.7 Å². The average molecular weight is 934 g/mol. The topological polar surface area (TPSA) is 78.9 Å². The van der Waals surface area contributed by atoms with E-state index in [0.717, 1.165) is 63.7 Å². The summed E-state index contributed by atoms with van der Waals surface area (Å²) in [7, 11) is 0. The molecule has 0 rings (SSSR count). The number of esters is 3. The lowest BCUT2D eigenvalue weighted by molar-refractivity contribution is -0.167. The Morgan fingerprint density at radius 2 is 0.500 bits per heavy atom. The lowest BCUT2D eigenvalue weighted by Crippen LogP contribution is -2.30. The second-order valence-corrected chi connectivity index (χ2v) is 21.1. The van der Waals surface area contributed by atoms with Crippen LogP contribution in [0.4, 0.5) is 0 Å². The predicted molar refractivity (Wildman–Crippen MR) is 284 cm³/mol. The second kappa shape index (κ2) is 54.4. The lowest BCUT2D eigenvalue weighted by atomic mass is 10.0.